The van der Waals surface area contributed by atoms with Gasteiger partial charge in [-0.3, -0.25) is 24.0 Å². The van der Waals surface area contributed by atoms with Crippen LogP contribution in [-0.4, -0.2) is 121 Å². The molecular weight excluding hydrogens is 722 g/mol. The lowest BCUT2D eigenvalue weighted by Gasteiger charge is -2.48. The molecule has 0 radical (unpaired) electrons. The molecule has 1 aromatic carbocycles. The summed E-state index contributed by atoms with van der Waals surface area (Å²) in [7, 11) is 0. The van der Waals surface area contributed by atoms with Crippen LogP contribution in [0.3, 0.4) is 0 Å². The van der Waals surface area contributed by atoms with E-state index in [9.17, 15) is 33.9 Å². The van der Waals surface area contributed by atoms with E-state index >= 15 is 0 Å². The van der Waals surface area contributed by atoms with Crippen LogP contribution in [0.25, 0.3) is 6.08 Å². The number of cyclic esters (lactones) is 1. The molecule has 8 unspecified atom stereocenters. The van der Waals surface area contributed by atoms with E-state index in [0.717, 1.165) is 5.56 Å². The van der Waals surface area contributed by atoms with Gasteiger partial charge in [-0.2, -0.15) is 5.06 Å². The first-order valence-electron chi connectivity index (χ1n) is 18.4. The van der Waals surface area contributed by atoms with Crippen LogP contribution in [0.15, 0.2) is 30.3 Å². The van der Waals surface area contributed by atoms with Gasteiger partial charge in [0.2, 0.25) is 17.9 Å². The van der Waals surface area contributed by atoms with E-state index in [1.807, 2.05) is 0 Å². The lowest BCUT2D eigenvalue weighted by Crippen LogP contribution is -2.69. The maximum absolute atomic E-state index is 14.2. The number of rotatable bonds is 14. The topological polar surface area (TPSA) is 215 Å². The Balaban J connectivity index is 1.08. The number of carbonyl (C=O) groups excluding carboxylic acids is 6. The highest BCUT2D eigenvalue weighted by molar-refractivity contribution is 5.94. The molecule has 2 amide bonds. The van der Waals surface area contributed by atoms with Crippen molar-refractivity contribution in [1.29, 1.82) is 0 Å². The summed E-state index contributed by atoms with van der Waals surface area (Å²) in [5, 5.41) is 16.7. The van der Waals surface area contributed by atoms with E-state index in [2.05, 4.69) is 10.6 Å². The SMILES string of the molecule is CC(C)(C)OC(=O)CCC(CO)NC(=O)CCNC(=O)C12CC3OC(=O)C1N(Cc1ccc(C=CC(=O)OC4C(=O)OCC4(C)C)cc1)OC2C1OCOC31. The zero-order valence-corrected chi connectivity index (χ0v) is 31.6. The minimum absolute atomic E-state index is 0.00375. The van der Waals surface area contributed by atoms with Gasteiger partial charge in [0, 0.05) is 37.3 Å². The zero-order chi connectivity index (χ0) is 39.7. The lowest BCUT2D eigenvalue weighted by molar-refractivity contribution is -0.201. The third kappa shape index (κ3) is 8.70. The van der Waals surface area contributed by atoms with Gasteiger partial charge in [0.25, 0.3) is 0 Å². The summed E-state index contributed by atoms with van der Waals surface area (Å²) < 4.78 is 33.1. The Morgan fingerprint density at radius 3 is 2.45 bits per heavy atom. The van der Waals surface area contributed by atoms with Gasteiger partial charge in [-0.05, 0) is 44.4 Å². The molecule has 0 spiro atoms. The number of nitrogens with one attached hydrogen (secondary N) is 2. The van der Waals surface area contributed by atoms with E-state index < -0.39 is 94.7 Å². The second-order valence-electron chi connectivity index (χ2n) is 16.2. The van der Waals surface area contributed by atoms with Crippen LogP contribution < -0.4 is 10.6 Å². The van der Waals surface area contributed by atoms with Crippen molar-refractivity contribution in [3.8, 4) is 0 Å². The lowest BCUT2D eigenvalue weighted by atomic mass is 9.62. The van der Waals surface area contributed by atoms with Gasteiger partial charge in [-0.15, -0.1) is 0 Å². The molecule has 4 heterocycles. The number of aliphatic hydroxyl groups excluding tert-OH is 1. The molecule has 4 saturated heterocycles. The number of aliphatic hydroxyl groups is 1. The van der Waals surface area contributed by atoms with Crippen molar-refractivity contribution in [3.05, 3.63) is 41.5 Å². The molecule has 1 aromatic rings. The highest BCUT2D eigenvalue weighted by Crippen LogP contribution is 2.55. The van der Waals surface area contributed by atoms with E-state index in [-0.39, 0.29) is 58.8 Å². The second-order valence-corrected chi connectivity index (χ2v) is 16.2. The maximum Gasteiger partial charge on any atom is 0.348 e. The van der Waals surface area contributed by atoms with Gasteiger partial charge in [-0.25, -0.2) is 9.59 Å². The van der Waals surface area contributed by atoms with E-state index in [1.165, 1.54) is 11.1 Å². The average Bonchev–Trinajstić information content (AvgIpc) is 3.81. The fourth-order valence-corrected chi connectivity index (χ4v) is 7.65. The Kier molecular flexibility index (Phi) is 11.7. The Bertz CT molecular complexity index is 1690. The molecule has 55 heavy (non-hydrogen) atoms. The van der Waals surface area contributed by atoms with Crippen molar-refractivity contribution in [2.45, 2.75) is 115 Å². The van der Waals surface area contributed by atoms with Crippen molar-refractivity contribution in [1.82, 2.24) is 15.7 Å². The second kappa shape index (κ2) is 16.0. The molecule has 17 nitrogen and oxygen atoms in total. The van der Waals surface area contributed by atoms with Crippen LogP contribution >= 0.6 is 0 Å². The summed E-state index contributed by atoms with van der Waals surface area (Å²) in [4.78, 5) is 83.5. The summed E-state index contributed by atoms with van der Waals surface area (Å²) in [5.74, 6) is -3.31. The highest BCUT2D eigenvalue weighted by atomic mass is 16.8. The number of benzene rings is 1. The standard InChI is InChI=1S/C38H49N3O14/c1-36(2,3)54-27(45)13-11-23(18-42)40-25(43)14-15-39-35(48)38-16-24-28-29(51-20-50-28)31(38)55-41(30(38)33(46)52-24)17-22-8-6-21(7-9-22)10-12-26(44)53-32-34(47)49-19-37(32,4)5/h6-10,12,23-24,28-32,42H,11,13-20H2,1-5H3,(H,39,48)(H,40,43). The fraction of sp³-hybridized carbons (Fsp3) is 0.632. The van der Waals surface area contributed by atoms with Crippen LogP contribution in [0.1, 0.15) is 71.4 Å². The predicted octanol–water partition coefficient (Wildman–Crippen LogP) is 0.841. The minimum Gasteiger partial charge on any atom is -0.462 e. The molecule has 8 atom stereocenters. The number of ether oxygens (including phenoxy) is 6. The Hall–Kier alpha value is -4.42. The predicted molar refractivity (Wildman–Crippen MR) is 188 cm³/mol. The monoisotopic (exact) mass is 771 g/mol. The summed E-state index contributed by atoms with van der Waals surface area (Å²) in [6.07, 6.45) is -1.04. The molecular formula is C38H49N3O14. The normalized spacial score (nSPS) is 29.9. The van der Waals surface area contributed by atoms with Crippen molar-refractivity contribution in [3.63, 3.8) is 0 Å². The molecule has 6 rings (SSSR count). The van der Waals surface area contributed by atoms with Crippen molar-refractivity contribution < 1.29 is 67.1 Å². The minimum atomic E-state index is -1.42. The number of amides is 2. The third-order valence-electron chi connectivity index (χ3n) is 10.3. The molecule has 3 N–H and O–H groups in total. The fourth-order valence-electron chi connectivity index (χ4n) is 7.65. The number of nitrogens with zero attached hydrogens (tertiary/aromatic N) is 1. The summed E-state index contributed by atoms with van der Waals surface area (Å²) in [6, 6.07) is 5.24. The third-order valence-corrected chi connectivity index (χ3v) is 10.3. The first-order valence-corrected chi connectivity index (χ1v) is 18.4. The molecule has 2 bridgehead atoms. The van der Waals surface area contributed by atoms with Crippen molar-refractivity contribution >= 4 is 41.8 Å². The molecule has 4 aliphatic heterocycles. The first-order chi connectivity index (χ1) is 26.0. The summed E-state index contributed by atoms with van der Waals surface area (Å²) >= 11 is 0. The van der Waals surface area contributed by atoms with Crippen LogP contribution in [0.4, 0.5) is 0 Å². The van der Waals surface area contributed by atoms with Crippen LogP contribution in [0.2, 0.25) is 0 Å². The quantitative estimate of drug-likeness (QED) is 0.136. The molecule has 1 aliphatic carbocycles. The van der Waals surface area contributed by atoms with E-state index in [0.29, 0.717) is 5.56 Å². The summed E-state index contributed by atoms with van der Waals surface area (Å²) in [5.41, 5.74) is -1.32. The van der Waals surface area contributed by atoms with Crippen molar-refractivity contribution in [2.24, 2.45) is 10.8 Å². The summed E-state index contributed by atoms with van der Waals surface area (Å²) in [6.45, 7) is 8.53. The first kappa shape index (κ1) is 40.2. The number of carbonyl (C=O) groups is 6. The smallest absolute Gasteiger partial charge is 0.348 e. The molecule has 17 heteroatoms. The Morgan fingerprint density at radius 1 is 1.05 bits per heavy atom. The van der Waals surface area contributed by atoms with Crippen LogP contribution in [0, 0.1) is 10.8 Å². The number of fused-ring (bicyclic) bond motifs is 4. The molecule has 5 aliphatic rings. The Morgan fingerprint density at radius 2 is 1.78 bits per heavy atom. The Labute approximate surface area is 318 Å². The van der Waals surface area contributed by atoms with Crippen LogP contribution in [0.5, 0.6) is 0 Å². The number of hydrogen-bond acceptors (Lipinski definition) is 15. The highest BCUT2D eigenvalue weighted by Gasteiger charge is 2.74. The molecule has 1 saturated carbocycles. The average molecular weight is 772 g/mol. The van der Waals surface area contributed by atoms with Gasteiger partial charge >= 0.3 is 23.9 Å². The number of hydroxylamine groups is 2. The van der Waals surface area contributed by atoms with E-state index in [4.69, 9.17) is 33.3 Å². The molecule has 300 valence electrons. The molecule has 0 aromatic heterocycles. The van der Waals surface area contributed by atoms with Gasteiger partial charge < -0.3 is 44.2 Å². The van der Waals surface area contributed by atoms with Gasteiger partial charge in [0.15, 0.2) is 6.04 Å². The van der Waals surface area contributed by atoms with Crippen LogP contribution in [-0.2, 0) is 68.6 Å². The maximum atomic E-state index is 14.2. The van der Waals surface area contributed by atoms with Crippen molar-refractivity contribution in [2.75, 3.05) is 26.6 Å². The van der Waals surface area contributed by atoms with Gasteiger partial charge in [0.05, 0.1) is 19.2 Å². The van der Waals surface area contributed by atoms with Gasteiger partial charge in [0.1, 0.15) is 48.8 Å². The number of hydrogen-bond donors (Lipinski definition) is 3. The largest absolute Gasteiger partial charge is 0.462 e. The van der Waals surface area contributed by atoms with Gasteiger partial charge in [-0.1, -0.05) is 38.1 Å². The van der Waals surface area contributed by atoms with E-state index in [1.54, 1.807) is 65.0 Å². The zero-order valence-electron chi connectivity index (χ0n) is 31.6. The molecule has 5 fully saturated rings. The number of esters is 4.